The molecular weight excluding hydrogens is 314 g/mol. The van der Waals surface area contributed by atoms with E-state index >= 15 is 0 Å². The van der Waals surface area contributed by atoms with Crippen molar-refractivity contribution < 1.29 is 9.59 Å². The molecule has 4 rings (SSSR count). The van der Waals surface area contributed by atoms with Crippen LogP contribution in [0.5, 0.6) is 0 Å². The molecule has 2 amide bonds. The van der Waals surface area contributed by atoms with Gasteiger partial charge in [0.25, 0.3) is 0 Å². The van der Waals surface area contributed by atoms with Gasteiger partial charge in [0, 0.05) is 37.8 Å². The van der Waals surface area contributed by atoms with Crippen molar-refractivity contribution in [1.29, 1.82) is 0 Å². The molecule has 0 radical (unpaired) electrons. The molecule has 0 spiro atoms. The first kappa shape index (κ1) is 16.6. The molecule has 0 aliphatic carbocycles. The Labute approximate surface area is 149 Å². The van der Waals surface area contributed by atoms with E-state index in [1.165, 1.54) is 5.56 Å². The van der Waals surface area contributed by atoms with E-state index in [0.717, 1.165) is 57.4 Å². The van der Waals surface area contributed by atoms with E-state index in [2.05, 4.69) is 17.0 Å². The van der Waals surface area contributed by atoms with Crippen molar-refractivity contribution in [2.24, 2.45) is 0 Å². The summed E-state index contributed by atoms with van der Waals surface area (Å²) in [5, 5.41) is 0. The Bertz CT molecular complexity index is 675. The maximum Gasteiger partial charge on any atom is 0.241 e. The Morgan fingerprint density at radius 3 is 2.64 bits per heavy atom. The summed E-state index contributed by atoms with van der Waals surface area (Å²) < 4.78 is 0. The molecule has 1 aromatic rings. The first-order chi connectivity index (χ1) is 12.1. The minimum absolute atomic E-state index is 0.175. The topological polar surface area (TPSA) is 43.9 Å². The summed E-state index contributed by atoms with van der Waals surface area (Å²) in [5.74, 6) is 0.373. The van der Waals surface area contributed by atoms with Crippen LogP contribution in [0.1, 0.15) is 38.2 Å². The van der Waals surface area contributed by atoms with Crippen LogP contribution >= 0.6 is 0 Å². The third-order valence-electron chi connectivity index (χ3n) is 6.09. The van der Waals surface area contributed by atoms with E-state index in [0.29, 0.717) is 18.6 Å². The molecule has 2 atom stereocenters. The van der Waals surface area contributed by atoms with Crippen LogP contribution in [0.25, 0.3) is 0 Å². The molecule has 3 heterocycles. The number of likely N-dealkylation sites (tertiary alicyclic amines) is 2. The molecule has 0 unspecified atom stereocenters. The van der Waals surface area contributed by atoms with Crippen molar-refractivity contribution in [3.63, 3.8) is 0 Å². The molecule has 3 aliphatic rings. The Hall–Kier alpha value is -1.88. The fourth-order valence-electron chi connectivity index (χ4n) is 4.92. The van der Waals surface area contributed by atoms with Gasteiger partial charge in [-0.15, -0.1) is 0 Å². The van der Waals surface area contributed by atoms with Gasteiger partial charge in [0.05, 0.1) is 6.54 Å². The number of nitrogens with zero attached hydrogens (tertiary/aromatic N) is 3. The lowest BCUT2D eigenvalue weighted by atomic mass is 10.0. The van der Waals surface area contributed by atoms with Crippen LogP contribution in [0.4, 0.5) is 5.69 Å². The summed E-state index contributed by atoms with van der Waals surface area (Å²) in [6.07, 6.45) is 5.32. The average molecular weight is 341 g/mol. The second-order valence-corrected chi connectivity index (χ2v) is 7.53. The number of carbonyl (C=O) groups is 2. The molecule has 5 nitrogen and oxygen atoms in total. The Morgan fingerprint density at radius 2 is 1.80 bits per heavy atom. The van der Waals surface area contributed by atoms with E-state index in [9.17, 15) is 9.59 Å². The molecule has 0 saturated carbocycles. The Morgan fingerprint density at radius 1 is 1.04 bits per heavy atom. The molecule has 25 heavy (non-hydrogen) atoms. The van der Waals surface area contributed by atoms with Gasteiger partial charge < -0.3 is 9.80 Å². The Kier molecular flexibility index (Phi) is 4.50. The number of rotatable bonds is 3. The number of benzene rings is 1. The van der Waals surface area contributed by atoms with Crippen molar-refractivity contribution in [3.8, 4) is 0 Å². The largest absolute Gasteiger partial charge is 0.338 e. The van der Waals surface area contributed by atoms with Crippen molar-refractivity contribution in [2.75, 3.05) is 31.1 Å². The van der Waals surface area contributed by atoms with Crippen molar-refractivity contribution in [2.45, 2.75) is 51.1 Å². The van der Waals surface area contributed by atoms with Crippen molar-refractivity contribution in [1.82, 2.24) is 9.80 Å². The van der Waals surface area contributed by atoms with Gasteiger partial charge in [-0.05, 0) is 50.3 Å². The SMILES string of the molecule is CC(=O)N1CCC[C@@H]1[C@@H]1CCCN1CC(=O)N1CCc2ccccc21. The molecule has 2 saturated heterocycles. The van der Waals surface area contributed by atoms with Crippen LogP contribution in [0.2, 0.25) is 0 Å². The zero-order valence-corrected chi connectivity index (χ0v) is 15.0. The van der Waals surface area contributed by atoms with Gasteiger partial charge in [-0.2, -0.15) is 0 Å². The van der Waals surface area contributed by atoms with E-state index in [-0.39, 0.29) is 11.8 Å². The lowest BCUT2D eigenvalue weighted by Gasteiger charge is -2.35. The predicted molar refractivity (Wildman–Crippen MR) is 97.5 cm³/mol. The van der Waals surface area contributed by atoms with E-state index in [1.54, 1.807) is 6.92 Å². The van der Waals surface area contributed by atoms with Crippen LogP contribution in [-0.2, 0) is 16.0 Å². The van der Waals surface area contributed by atoms with Gasteiger partial charge in [-0.1, -0.05) is 18.2 Å². The van der Waals surface area contributed by atoms with Gasteiger partial charge in [-0.3, -0.25) is 14.5 Å². The summed E-state index contributed by atoms with van der Waals surface area (Å²) in [7, 11) is 0. The van der Waals surface area contributed by atoms with E-state index < -0.39 is 0 Å². The highest BCUT2D eigenvalue weighted by Crippen LogP contribution is 2.31. The number of fused-ring (bicyclic) bond motifs is 1. The van der Waals surface area contributed by atoms with Gasteiger partial charge in [0.1, 0.15) is 0 Å². The molecule has 3 aliphatic heterocycles. The Balaban J connectivity index is 1.45. The predicted octanol–water partition coefficient (Wildman–Crippen LogP) is 2.05. The van der Waals surface area contributed by atoms with Gasteiger partial charge >= 0.3 is 0 Å². The minimum Gasteiger partial charge on any atom is -0.338 e. The summed E-state index contributed by atoms with van der Waals surface area (Å²) >= 11 is 0. The summed E-state index contributed by atoms with van der Waals surface area (Å²) in [5.41, 5.74) is 2.35. The first-order valence-corrected chi connectivity index (χ1v) is 9.54. The van der Waals surface area contributed by atoms with Gasteiger partial charge in [-0.25, -0.2) is 0 Å². The number of amides is 2. The minimum atomic E-state index is 0.175. The van der Waals surface area contributed by atoms with Crippen molar-refractivity contribution in [3.05, 3.63) is 29.8 Å². The van der Waals surface area contributed by atoms with Gasteiger partial charge in [0.15, 0.2) is 0 Å². The normalized spacial score (nSPS) is 26.3. The van der Waals surface area contributed by atoms with Crippen LogP contribution in [-0.4, -0.2) is 59.9 Å². The molecule has 2 fully saturated rings. The highest BCUT2D eigenvalue weighted by molar-refractivity contribution is 5.96. The standard InChI is InChI=1S/C20H27N3O2/c1-15(24)22-12-5-9-19(22)18-8-4-11-21(18)14-20(25)23-13-10-16-6-2-3-7-17(16)23/h2-3,6-7,18-19H,4-5,8-14H2,1H3/t18-,19+/m0/s1. The molecule has 5 heteroatoms. The fourth-order valence-corrected chi connectivity index (χ4v) is 4.92. The second kappa shape index (κ2) is 6.79. The number of para-hydroxylation sites is 1. The van der Waals surface area contributed by atoms with Crippen LogP contribution < -0.4 is 4.90 Å². The zero-order valence-electron chi connectivity index (χ0n) is 15.0. The molecular formula is C20H27N3O2. The highest BCUT2D eigenvalue weighted by Gasteiger charge is 2.40. The molecule has 0 bridgehead atoms. The lowest BCUT2D eigenvalue weighted by Crippen LogP contribution is -2.50. The quantitative estimate of drug-likeness (QED) is 0.845. The lowest BCUT2D eigenvalue weighted by molar-refractivity contribution is -0.130. The van der Waals surface area contributed by atoms with E-state index in [1.807, 2.05) is 21.9 Å². The maximum absolute atomic E-state index is 12.9. The van der Waals surface area contributed by atoms with Crippen molar-refractivity contribution >= 4 is 17.5 Å². The molecule has 0 N–H and O–H groups in total. The summed E-state index contributed by atoms with van der Waals surface area (Å²) in [6, 6.07) is 8.85. The van der Waals surface area contributed by atoms with E-state index in [4.69, 9.17) is 0 Å². The summed E-state index contributed by atoms with van der Waals surface area (Å²) in [4.78, 5) is 31.2. The summed E-state index contributed by atoms with van der Waals surface area (Å²) in [6.45, 7) is 4.77. The number of hydrogen-bond donors (Lipinski definition) is 0. The van der Waals surface area contributed by atoms with Crippen LogP contribution in [0, 0.1) is 0 Å². The number of carbonyl (C=O) groups excluding carboxylic acids is 2. The third kappa shape index (κ3) is 3.06. The first-order valence-electron chi connectivity index (χ1n) is 9.54. The smallest absolute Gasteiger partial charge is 0.241 e. The molecule has 134 valence electrons. The zero-order chi connectivity index (χ0) is 17.4. The maximum atomic E-state index is 12.9. The average Bonchev–Trinajstić information content (AvgIpc) is 3.33. The second-order valence-electron chi connectivity index (χ2n) is 7.53. The third-order valence-corrected chi connectivity index (χ3v) is 6.09. The number of hydrogen-bond acceptors (Lipinski definition) is 3. The number of anilines is 1. The highest BCUT2D eigenvalue weighted by atomic mass is 16.2. The molecule has 0 aromatic heterocycles. The van der Waals surface area contributed by atoms with Crippen LogP contribution in [0.15, 0.2) is 24.3 Å². The fraction of sp³-hybridized carbons (Fsp3) is 0.600. The molecule has 1 aromatic carbocycles. The monoisotopic (exact) mass is 341 g/mol. The van der Waals surface area contributed by atoms with Gasteiger partial charge in [0.2, 0.25) is 11.8 Å². The van der Waals surface area contributed by atoms with Crippen LogP contribution in [0.3, 0.4) is 0 Å².